The number of hydrogen-bond donors (Lipinski definition) is 1. The molecule has 1 amide bonds. The van der Waals surface area contributed by atoms with Crippen LogP contribution in [-0.2, 0) is 31.6 Å². The minimum Gasteiger partial charge on any atom is -0.369 e. The van der Waals surface area contributed by atoms with Crippen LogP contribution >= 0.6 is 7.75 Å². The lowest BCUT2D eigenvalue weighted by Gasteiger charge is -2.31. The molecule has 1 fully saturated rings. The van der Waals surface area contributed by atoms with Crippen LogP contribution < -0.4 is 5.73 Å². The van der Waals surface area contributed by atoms with Crippen LogP contribution in [0.15, 0.2) is 91.4 Å². The molecule has 0 saturated carbocycles. The summed E-state index contributed by atoms with van der Waals surface area (Å²) in [6.45, 7) is 10.6. The van der Waals surface area contributed by atoms with Crippen molar-refractivity contribution < 1.29 is 18.4 Å². The number of aryl methyl sites for hydroxylation is 1. The van der Waals surface area contributed by atoms with Gasteiger partial charge in [0.1, 0.15) is 6.33 Å². The first-order valence-electron chi connectivity index (χ1n) is 17.6. The predicted octanol–water partition coefficient (Wildman–Crippen LogP) is 8.15. The predicted molar refractivity (Wildman–Crippen MR) is 201 cm³/mol. The monoisotopic (exact) mass is 704 g/mol. The minimum atomic E-state index is -4.10. The van der Waals surface area contributed by atoms with E-state index < -0.39 is 7.75 Å². The maximum atomic E-state index is 15.8. The van der Waals surface area contributed by atoms with Gasteiger partial charge in [0.15, 0.2) is 5.65 Å². The lowest BCUT2D eigenvalue weighted by molar-refractivity contribution is -0.119. The van der Waals surface area contributed by atoms with Crippen molar-refractivity contribution >= 4 is 30.2 Å². The van der Waals surface area contributed by atoms with Crippen LogP contribution in [0, 0.1) is 13.8 Å². The molecular weight excluding hydrogens is 659 g/mol. The molecule has 2 N–H and O–H groups in total. The van der Waals surface area contributed by atoms with E-state index in [2.05, 4.69) is 54.0 Å². The van der Waals surface area contributed by atoms with Crippen molar-refractivity contribution in [3.63, 3.8) is 0 Å². The summed E-state index contributed by atoms with van der Waals surface area (Å²) < 4.78 is 32.5. The third kappa shape index (κ3) is 7.02. The van der Waals surface area contributed by atoms with E-state index in [1.54, 1.807) is 10.8 Å². The number of likely N-dealkylation sites (tertiary alicyclic amines) is 1. The molecule has 1 aliphatic heterocycles. The first-order valence-corrected chi connectivity index (χ1v) is 19.1. The molecule has 0 atom stereocenters. The maximum Gasteiger partial charge on any atom is 0.440 e. The Morgan fingerprint density at radius 2 is 1.55 bits per heavy atom. The van der Waals surface area contributed by atoms with Gasteiger partial charge in [-0.05, 0) is 97.1 Å². The molecule has 3 aromatic heterocycles. The number of carbonyl (C=O) groups excluding carboxylic acids is 1. The fourth-order valence-corrected chi connectivity index (χ4v) is 9.20. The Balaban J connectivity index is 1.44. The Labute approximate surface area is 298 Å². The van der Waals surface area contributed by atoms with Crippen LogP contribution in [0.5, 0.6) is 0 Å². The third-order valence-electron chi connectivity index (χ3n) is 10.1. The van der Waals surface area contributed by atoms with Crippen LogP contribution in [-0.4, -0.2) is 49.4 Å². The van der Waals surface area contributed by atoms with E-state index in [9.17, 15) is 4.79 Å². The molecule has 264 valence electrons. The minimum absolute atomic E-state index is 0.0549. The summed E-state index contributed by atoms with van der Waals surface area (Å²) in [5.74, 6) is 0.0730. The number of nitrogens with two attached hydrogens (primary N) is 1. The molecule has 4 heterocycles. The second-order valence-electron chi connectivity index (χ2n) is 13.8. The second kappa shape index (κ2) is 14.6. The molecule has 10 nitrogen and oxygen atoms in total. The van der Waals surface area contributed by atoms with Gasteiger partial charge in [-0.1, -0.05) is 80.6 Å². The van der Waals surface area contributed by atoms with E-state index in [1.165, 1.54) is 5.56 Å². The summed E-state index contributed by atoms with van der Waals surface area (Å²) >= 11 is 0. The lowest BCUT2D eigenvalue weighted by Crippen LogP contribution is -2.39. The smallest absolute Gasteiger partial charge is 0.369 e. The summed E-state index contributed by atoms with van der Waals surface area (Å²) in [6, 6.07) is 26.0. The normalized spacial score (nSPS) is 14.6. The zero-order valence-corrected chi connectivity index (χ0v) is 30.6. The first kappa shape index (κ1) is 34.8. The summed E-state index contributed by atoms with van der Waals surface area (Å²) in [6.07, 6.45) is 5.38. The quantitative estimate of drug-likeness (QED) is 0.128. The highest BCUT2D eigenvalue weighted by Crippen LogP contribution is 2.58. The molecular formula is C40H45N6O4P. The Hall–Kier alpha value is -4.60. The number of rotatable bonds is 12. The highest BCUT2D eigenvalue weighted by Gasteiger charge is 2.37. The van der Waals surface area contributed by atoms with Crippen molar-refractivity contribution in [2.24, 2.45) is 5.73 Å². The average Bonchev–Trinajstić information content (AvgIpc) is 3.75. The van der Waals surface area contributed by atoms with Crippen molar-refractivity contribution in [2.75, 3.05) is 19.6 Å². The van der Waals surface area contributed by atoms with E-state index in [0.29, 0.717) is 5.92 Å². The molecule has 51 heavy (non-hydrogen) atoms. The summed E-state index contributed by atoms with van der Waals surface area (Å²) in [4.78, 5) is 18.2. The zero-order chi connectivity index (χ0) is 35.7. The molecule has 1 saturated heterocycles. The van der Waals surface area contributed by atoms with Crippen LogP contribution in [0.1, 0.15) is 71.9 Å². The van der Waals surface area contributed by atoms with Gasteiger partial charge in [0.25, 0.3) is 0 Å². The van der Waals surface area contributed by atoms with Gasteiger partial charge in [0.05, 0.1) is 31.0 Å². The summed E-state index contributed by atoms with van der Waals surface area (Å²) in [5.41, 5.74) is 14.8. The molecule has 1 aliphatic rings. The maximum absolute atomic E-state index is 15.8. The first-order chi connectivity index (χ1) is 24.6. The Morgan fingerprint density at radius 1 is 0.922 bits per heavy atom. The van der Waals surface area contributed by atoms with Gasteiger partial charge >= 0.3 is 7.75 Å². The van der Waals surface area contributed by atoms with Crippen LogP contribution in [0.4, 0.5) is 0 Å². The number of hydrogen-bond acceptors (Lipinski definition) is 7. The fraction of sp³-hybridized carbons (Fsp3) is 0.325. The number of pyridine rings is 1. The zero-order valence-electron chi connectivity index (χ0n) is 29.7. The number of aromatic nitrogens is 4. The van der Waals surface area contributed by atoms with Crippen molar-refractivity contribution in [1.82, 2.24) is 23.8 Å². The summed E-state index contributed by atoms with van der Waals surface area (Å²) in [7, 11) is -4.10. The van der Waals surface area contributed by atoms with Crippen LogP contribution in [0.2, 0.25) is 0 Å². The molecule has 0 bridgehead atoms. The topological polar surface area (TPSA) is 117 Å². The number of piperidine rings is 1. The van der Waals surface area contributed by atoms with Gasteiger partial charge in [0, 0.05) is 17.1 Å². The standard InChI is InChI=1S/C40H45N6O4P/c1-27(2)38-34-21-33(32-17-19-44(20-18-32)23-37(41)47)15-16-36(34)46(39(38)35-22-45-40(42-26-43-45)29(4)28(35)3)51(48,49-24-30-11-7-5-8-12-30)50-25-31-13-9-6-10-14-31/h5-16,21-22,26-27,32H,17-20,23-25H2,1-4H3,(H2,41,47). The molecule has 6 aromatic rings. The number of benzene rings is 3. The second-order valence-corrected chi connectivity index (χ2v) is 15.7. The molecule has 0 spiro atoms. The van der Waals surface area contributed by atoms with Crippen molar-refractivity contribution in [1.29, 1.82) is 0 Å². The summed E-state index contributed by atoms with van der Waals surface area (Å²) in [5, 5.41) is 5.52. The molecule has 11 heteroatoms. The molecule has 3 aromatic carbocycles. The van der Waals surface area contributed by atoms with Gasteiger partial charge < -0.3 is 5.73 Å². The van der Waals surface area contributed by atoms with Gasteiger partial charge in [-0.15, -0.1) is 0 Å². The lowest BCUT2D eigenvalue weighted by atomic mass is 9.87. The average molecular weight is 705 g/mol. The van der Waals surface area contributed by atoms with E-state index in [4.69, 9.17) is 14.8 Å². The number of fused-ring (bicyclic) bond motifs is 2. The van der Waals surface area contributed by atoms with E-state index >= 15 is 4.57 Å². The van der Waals surface area contributed by atoms with Crippen LogP contribution in [0.25, 0.3) is 27.8 Å². The SMILES string of the molecule is Cc1c(-c2c(C(C)C)c3cc(C4CCN(CC(N)=O)CC4)ccc3n2P(=O)(OCc2ccccc2)OCc2ccccc2)cn2ncnc2c1C. The molecule has 0 radical (unpaired) electrons. The number of primary amides is 1. The largest absolute Gasteiger partial charge is 0.440 e. The van der Waals surface area contributed by atoms with Gasteiger partial charge in [0.2, 0.25) is 5.91 Å². The van der Waals surface area contributed by atoms with Crippen molar-refractivity contribution in [3.8, 4) is 11.3 Å². The Kier molecular flexibility index (Phi) is 9.94. The Bertz CT molecular complexity index is 2170. The third-order valence-corrected chi connectivity index (χ3v) is 11.9. The molecule has 0 aliphatic carbocycles. The fourth-order valence-electron chi connectivity index (χ4n) is 7.37. The van der Waals surface area contributed by atoms with E-state index in [0.717, 1.165) is 81.6 Å². The van der Waals surface area contributed by atoms with Crippen molar-refractivity contribution in [2.45, 2.75) is 65.6 Å². The van der Waals surface area contributed by atoms with E-state index in [-0.39, 0.29) is 31.6 Å². The number of amides is 1. The van der Waals surface area contributed by atoms with Gasteiger partial charge in [-0.25, -0.2) is 18.4 Å². The highest BCUT2D eigenvalue weighted by molar-refractivity contribution is 7.52. The number of carbonyl (C=O) groups is 1. The van der Waals surface area contributed by atoms with E-state index in [1.807, 2.05) is 78.1 Å². The van der Waals surface area contributed by atoms with Crippen molar-refractivity contribution in [3.05, 3.63) is 125 Å². The van der Waals surface area contributed by atoms with Gasteiger partial charge in [-0.2, -0.15) is 5.10 Å². The highest BCUT2D eigenvalue weighted by atomic mass is 31.2. The molecule has 7 rings (SSSR count). The Morgan fingerprint density at radius 3 is 2.14 bits per heavy atom. The van der Waals surface area contributed by atoms with Gasteiger partial charge in [-0.3, -0.25) is 18.7 Å². The molecule has 0 unspecified atom stereocenters. The van der Waals surface area contributed by atoms with Crippen LogP contribution in [0.3, 0.4) is 0 Å². The number of nitrogens with zero attached hydrogens (tertiary/aromatic N) is 5.